The lowest BCUT2D eigenvalue weighted by molar-refractivity contribution is -0.445. The fourth-order valence-corrected chi connectivity index (χ4v) is 4.63. The van der Waals surface area contributed by atoms with E-state index in [1.807, 2.05) is 0 Å². The van der Waals surface area contributed by atoms with Crippen LogP contribution in [0, 0.1) is 10.1 Å². The molecule has 2 aromatic heterocycles. The van der Waals surface area contributed by atoms with E-state index >= 15 is 0 Å². The Labute approximate surface area is 233 Å². The highest BCUT2D eigenvalue weighted by atomic mass is 31.0. The average molecular weight is 542 g/mol. The normalized spacial score (nSPS) is 11.5. The third-order valence-corrected chi connectivity index (χ3v) is 6.74. The van der Waals surface area contributed by atoms with Crippen molar-refractivity contribution in [3.05, 3.63) is 106 Å². The highest BCUT2D eigenvalue weighted by Crippen LogP contribution is 2.33. The fourth-order valence-electron chi connectivity index (χ4n) is 4.63. The number of nitrogens with zero attached hydrogens (tertiary/aromatic N) is 1. The zero-order valence-electron chi connectivity index (χ0n) is 24.1. The van der Waals surface area contributed by atoms with Gasteiger partial charge in [0.2, 0.25) is 0 Å². The van der Waals surface area contributed by atoms with Gasteiger partial charge in [-0.05, 0) is 58.4 Å². The van der Waals surface area contributed by atoms with Gasteiger partial charge in [-0.1, -0.05) is 90.1 Å². The van der Waals surface area contributed by atoms with Crippen molar-refractivity contribution < 1.29 is 4.92 Å². The lowest BCUT2D eigenvalue weighted by atomic mass is 9.85. The number of fused-ring (bicyclic) bond motifs is 6. The first-order chi connectivity index (χ1) is 17.8. The molecule has 6 heteroatoms. The number of nitro groups is 1. The zero-order chi connectivity index (χ0) is 27.7. The van der Waals surface area contributed by atoms with Crippen molar-refractivity contribution in [2.75, 3.05) is 7.05 Å². The number of nitrogens with one attached hydrogen (secondary N) is 2. The standard InChI is InChI=1S/C20H25N.C12H9N.CH3NO2.H3P/c1-19(2,3)13-7-9-17-15(11-13)16-12-14(20(4,5)6)8-10-18(16)21-17;1-3-7-11-9(5-1)10-6-2-4-8-12(10)13-11;1-2(3)4;/h7-12,21H,1-6H3;1-8,13H;1H3;1H3. The highest BCUT2D eigenvalue weighted by Gasteiger charge is 2.17. The van der Waals surface area contributed by atoms with Crippen molar-refractivity contribution in [3.8, 4) is 0 Å². The van der Waals surface area contributed by atoms with Gasteiger partial charge in [0.25, 0.3) is 0 Å². The smallest absolute Gasteiger partial charge is 0.194 e. The van der Waals surface area contributed by atoms with Crippen molar-refractivity contribution in [2.24, 2.45) is 0 Å². The maximum absolute atomic E-state index is 8.81. The minimum absolute atomic E-state index is 0. The van der Waals surface area contributed by atoms with Crippen molar-refractivity contribution in [3.63, 3.8) is 0 Å². The van der Waals surface area contributed by atoms with Gasteiger partial charge in [-0.25, -0.2) is 0 Å². The number of hydrogen-bond donors (Lipinski definition) is 2. The van der Waals surface area contributed by atoms with E-state index in [1.165, 1.54) is 54.7 Å². The van der Waals surface area contributed by atoms with Gasteiger partial charge in [-0.2, -0.15) is 9.90 Å². The Morgan fingerprint density at radius 1 is 0.564 bits per heavy atom. The zero-order valence-corrected chi connectivity index (χ0v) is 25.5. The van der Waals surface area contributed by atoms with Crippen LogP contribution in [0.1, 0.15) is 52.7 Å². The summed E-state index contributed by atoms with van der Waals surface area (Å²) in [7, 11) is 0.889. The molecule has 0 radical (unpaired) electrons. The van der Waals surface area contributed by atoms with Crippen LogP contribution < -0.4 is 0 Å². The summed E-state index contributed by atoms with van der Waals surface area (Å²) >= 11 is 0. The van der Waals surface area contributed by atoms with Crippen molar-refractivity contribution >= 4 is 53.5 Å². The van der Waals surface area contributed by atoms with Gasteiger partial charge in [-0.3, -0.25) is 10.1 Å². The molecule has 0 saturated heterocycles. The van der Waals surface area contributed by atoms with E-state index in [-0.39, 0.29) is 20.7 Å². The summed E-state index contributed by atoms with van der Waals surface area (Å²) in [4.78, 5) is 15.2. The SMILES string of the molecule is CC(C)(C)c1ccc2[nH]c3ccc(C(C)(C)C)cc3c2c1.C[N+](=O)[O-].P.c1ccc2c(c1)[nH]c1ccccc12. The van der Waals surface area contributed by atoms with Crippen LogP contribution in [0.3, 0.4) is 0 Å². The van der Waals surface area contributed by atoms with Crippen LogP contribution in [0.4, 0.5) is 0 Å². The molecule has 1 unspecified atom stereocenters. The molecule has 0 aliphatic rings. The first kappa shape index (κ1) is 29.9. The van der Waals surface area contributed by atoms with E-state index in [0.29, 0.717) is 0 Å². The molecule has 6 aromatic rings. The summed E-state index contributed by atoms with van der Waals surface area (Å²) < 4.78 is 0. The van der Waals surface area contributed by atoms with Crippen LogP contribution >= 0.6 is 9.90 Å². The number of para-hydroxylation sites is 2. The van der Waals surface area contributed by atoms with Crippen molar-refractivity contribution in [1.82, 2.24) is 9.97 Å². The van der Waals surface area contributed by atoms with Crippen LogP contribution in [0.25, 0.3) is 43.6 Å². The lowest BCUT2D eigenvalue weighted by Crippen LogP contribution is -2.10. The van der Waals surface area contributed by atoms with E-state index in [1.54, 1.807) is 0 Å². The number of hydrogen-bond acceptors (Lipinski definition) is 2. The third kappa shape index (κ3) is 6.85. The third-order valence-electron chi connectivity index (χ3n) is 6.74. The molecule has 39 heavy (non-hydrogen) atoms. The predicted octanol–water partition coefficient (Wildman–Crippen LogP) is 9.19. The lowest BCUT2D eigenvalue weighted by Gasteiger charge is -2.19. The second-order valence-corrected chi connectivity index (χ2v) is 11.8. The Kier molecular flexibility index (Phi) is 8.87. The van der Waals surface area contributed by atoms with Crippen molar-refractivity contribution in [2.45, 2.75) is 52.4 Å². The molecular formula is C33H40N3O2P. The minimum atomic E-state index is -0.500. The van der Waals surface area contributed by atoms with E-state index in [4.69, 9.17) is 10.1 Å². The quantitative estimate of drug-likeness (QED) is 0.114. The molecule has 4 aromatic carbocycles. The summed E-state index contributed by atoms with van der Waals surface area (Å²) in [5.41, 5.74) is 8.01. The molecule has 5 nitrogen and oxygen atoms in total. The van der Waals surface area contributed by atoms with Gasteiger partial charge in [0.1, 0.15) is 0 Å². The molecule has 0 aliphatic heterocycles. The van der Waals surface area contributed by atoms with Crippen LogP contribution in [0.15, 0.2) is 84.9 Å². The Balaban J connectivity index is 0.000000199. The molecule has 204 valence electrons. The number of aromatic nitrogens is 2. The summed E-state index contributed by atoms with van der Waals surface area (Å²) in [6.07, 6.45) is 0. The molecule has 2 heterocycles. The first-order valence-electron chi connectivity index (χ1n) is 12.9. The maximum Gasteiger partial charge on any atom is 0.194 e. The Morgan fingerprint density at radius 3 is 1.21 bits per heavy atom. The van der Waals surface area contributed by atoms with Gasteiger partial charge in [0.05, 0.1) is 0 Å². The second kappa shape index (κ2) is 11.6. The molecule has 0 aliphatic carbocycles. The average Bonchev–Trinajstić information content (AvgIpc) is 3.40. The van der Waals surface area contributed by atoms with Crippen LogP contribution in [0.5, 0.6) is 0 Å². The summed E-state index contributed by atoms with van der Waals surface area (Å²) in [5.74, 6) is 0. The summed E-state index contributed by atoms with van der Waals surface area (Å²) in [5, 5.41) is 14.1. The molecule has 0 amide bonds. The number of H-pyrrole nitrogens is 2. The van der Waals surface area contributed by atoms with Crippen LogP contribution in [-0.4, -0.2) is 21.9 Å². The summed E-state index contributed by atoms with van der Waals surface area (Å²) in [6, 6.07) is 30.4. The highest BCUT2D eigenvalue weighted by molar-refractivity contribution is 6.92. The fraction of sp³-hybridized carbons (Fsp3) is 0.273. The van der Waals surface area contributed by atoms with Crippen LogP contribution in [0.2, 0.25) is 0 Å². The molecule has 1 atom stereocenters. The predicted molar refractivity (Wildman–Crippen MR) is 173 cm³/mol. The van der Waals surface area contributed by atoms with Gasteiger partial charge >= 0.3 is 0 Å². The first-order valence-corrected chi connectivity index (χ1v) is 12.9. The Hall–Kier alpha value is -3.69. The molecule has 6 rings (SSSR count). The summed E-state index contributed by atoms with van der Waals surface area (Å²) in [6.45, 7) is 13.6. The van der Waals surface area contributed by atoms with Crippen LogP contribution in [-0.2, 0) is 10.8 Å². The molecule has 0 saturated carbocycles. The number of benzene rings is 4. The largest absolute Gasteiger partial charge is 0.355 e. The van der Waals surface area contributed by atoms with Gasteiger partial charge in [-0.15, -0.1) is 0 Å². The van der Waals surface area contributed by atoms with Crippen molar-refractivity contribution in [1.29, 1.82) is 0 Å². The number of rotatable bonds is 0. The number of aromatic amines is 2. The Bertz CT molecular complexity index is 1610. The van der Waals surface area contributed by atoms with Gasteiger partial charge < -0.3 is 9.97 Å². The second-order valence-electron chi connectivity index (χ2n) is 11.8. The van der Waals surface area contributed by atoms with E-state index in [2.05, 4.69) is 136 Å². The molecule has 0 bridgehead atoms. The molecule has 0 spiro atoms. The molecular weight excluding hydrogens is 501 g/mol. The maximum atomic E-state index is 8.81. The Morgan fingerprint density at radius 2 is 0.872 bits per heavy atom. The molecule has 2 N–H and O–H groups in total. The van der Waals surface area contributed by atoms with Gasteiger partial charge in [0.15, 0.2) is 7.05 Å². The topological polar surface area (TPSA) is 74.7 Å². The van der Waals surface area contributed by atoms with E-state index in [0.717, 1.165) is 7.05 Å². The van der Waals surface area contributed by atoms with Gasteiger partial charge in [0, 0.05) is 48.5 Å². The van der Waals surface area contributed by atoms with E-state index in [9.17, 15) is 0 Å². The molecule has 0 fully saturated rings. The monoisotopic (exact) mass is 541 g/mol. The van der Waals surface area contributed by atoms with E-state index < -0.39 is 4.92 Å². The minimum Gasteiger partial charge on any atom is -0.355 e.